The van der Waals surface area contributed by atoms with E-state index >= 15 is 0 Å². The number of anilines is 1. The van der Waals surface area contributed by atoms with E-state index in [0.717, 1.165) is 17.7 Å². The van der Waals surface area contributed by atoms with Crippen LogP contribution in [0.4, 0.5) is 18.9 Å². The molecule has 34 heavy (non-hydrogen) atoms. The number of rotatable bonds is 9. The zero-order valence-electron chi connectivity index (χ0n) is 18.4. The first-order valence-electron chi connectivity index (χ1n) is 10.1. The Hall–Kier alpha value is -4.02. The maximum absolute atomic E-state index is 12.2. The lowest BCUT2D eigenvalue weighted by Gasteiger charge is -2.11. The molecule has 2 aromatic carbocycles. The fourth-order valence-corrected chi connectivity index (χ4v) is 3.11. The molecule has 1 amide bonds. The molecule has 8 nitrogen and oxygen atoms in total. The first-order valence-corrected chi connectivity index (χ1v) is 10.1. The van der Waals surface area contributed by atoms with Crippen LogP contribution in [0, 0.1) is 0 Å². The molecule has 0 aliphatic rings. The normalized spacial score (nSPS) is 11.1. The number of aryl methyl sites for hydroxylation is 1. The van der Waals surface area contributed by atoms with Gasteiger partial charge in [-0.1, -0.05) is 0 Å². The highest BCUT2D eigenvalue weighted by Crippen LogP contribution is 2.31. The molecule has 0 saturated carbocycles. The van der Waals surface area contributed by atoms with E-state index in [1.165, 1.54) is 37.1 Å². The lowest BCUT2D eigenvalue weighted by atomic mass is 10.1. The van der Waals surface area contributed by atoms with E-state index in [4.69, 9.17) is 9.47 Å². The van der Waals surface area contributed by atoms with Crippen molar-refractivity contribution in [1.29, 1.82) is 0 Å². The Labute approximate surface area is 192 Å². The minimum absolute atomic E-state index is 0.0789. The van der Waals surface area contributed by atoms with Crippen LogP contribution in [-0.4, -0.2) is 36.3 Å². The Morgan fingerprint density at radius 1 is 1.00 bits per heavy atom. The molecule has 3 aromatic rings. The average molecular weight is 477 g/mol. The number of nitrogens with one attached hydrogen (secondary N) is 1. The van der Waals surface area contributed by atoms with E-state index < -0.39 is 6.36 Å². The van der Waals surface area contributed by atoms with Crippen LogP contribution < -0.4 is 25.1 Å². The number of amides is 1. The van der Waals surface area contributed by atoms with E-state index in [0.29, 0.717) is 29.3 Å². The second-order valence-corrected chi connectivity index (χ2v) is 7.07. The summed E-state index contributed by atoms with van der Waals surface area (Å²) in [6.07, 6.45) is -4.38. The quantitative estimate of drug-likeness (QED) is 0.496. The molecule has 0 saturated heterocycles. The molecule has 0 aliphatic carbocycles. The van der Waals surface area contributed by atoms with E-state index in [-0.39, 0.29) is 30.2 Å². The average Bonchev–Trinajstić information content (AvgIpc) is 2.80. The summed E-state index contributed by atoms with van der Waals surface area (Å²) < 4.78 is 52.2. The SMILES string of the molecule is COc1ccc(-c2ccc(=O)n(CCCC(=O)Nc3ccc(OC(F)(F)F)cc3)n2)cc1OC. The molecule has 180 valence electrons. The number of halogens is 3. The van der Waals surface area contributed by atoms with Crippen molar-refractivity contribution in [3.05, 3.63) is 65.0 Å². The van der Waals surface area contributed by atoms with Gasteiger partial charge in [0.25, 0.3) is 5.56 Å². The molecule has 0 radical (unpaired) electrons. The van der Waals surface area contributed by atoms with Crippen molar-refractivity contribution in [1.82, 2.24) is 9.78 Å². The van der Waals surface area contributed by atoms with Crippen LogP contribution in [0.1, 0.15) is 12.8 Å². The van der Waals surface area contributed by atoms with Gasteiger partial charge in [-0.2, -0.15) is 5.10 Å². The van der Waals surface area contributed by atoms with E-state index in [1.54, 1.807) is 24.3 Å². The zero-order chi connectivity index (χ0) is 24.7. The van der Waals surface area contributed by atoms with Crippen molar-refractivity contribution in [2.24, 2.45) is 0 Å². The lowest BCUT2D eigenvalue weighted by molar-refractivity contribution is -0.274. The summed E-state index contributed by atoms with van der Waals surface area (Å²) in [5, 5.41) is 6.95. The molecule has 0 spiro atoms. The minimum Gasteiger partial charge on any atom is -0.493 e. The number of nitrogens with zero attached hydrogens (tertiary/aromatic N) is 2. The Bertz CT molecular complexity index is 1190. The second-order valence-electron chi connectivity index (χ2n) is 7.07. The van der Waals surface area contributed by atoms with Crippen molar-refractivity contribution in [3.8, 4) is 28.5 Å². The highest BCUT2D eigenvalue weighted by molar-refractivity contribution is 5.90. The first-order chi connectivity index (χ1) is 16.2. The van der Waals surface area contributed by atoms with Gasteiger partial charge in [0.15, 0.2) is 11.5 Å². The van der Waals surface area contributed by atoms with E-state index in [1.807, 2.05) is 0 Å². The van der Waals surface area contributed by atoms with Gasteiger partial charge in [-0.3, -0.25) is 9.59 Å². The molecule has 0 atom stereocenters. The van der Waals surface area contributed by atoms with Crippen molar-refractivity contribution in [3.63, 3.8) is 0 Å². The Kier molecular flexibility index (Phi) is 7.77. The zero-order valence-corrected chi connectivity index (χ0v) is 18.4. The standard InChI is InChI=1S/C23H22F3N3O5/c1-32-19-11-5-15(14-20(19)33-2)18-10-12-22(31)29(28-18)13-3-4-21(30)27-16-6-8-17(9-7-16)34-23(24,25)26/h5-12,14H,3-4,13H2,1-2H3,(H,27,30). The fraction of sp³-hybridized carbons (Fsp3) is 0.261. The van der Waals surface area contributed by atoms with Gasteiger partial charge in [0.2, 0.25) is 5.91 Å². The lowest BCUT2D eigenvalue weighted by Crippen LogP contribution is -2.23. The number of benzene rings is 2. The molecule has 1 aromatic heterocycles. The second kappa shape index (κ2) is 10.7. The van der Waals surface area contributed by atoms with Gasteiger partial charge in [-0.05, 0) is 55.0 Å². The Morgan fingerprint density at radius 2 is 1.71 bits per heavy atom. The van der Waals surface area contributed by atoms with Gasteiger partial charge in [0.1, 0.15) is 5.75 Å². The van der Waals surface area contributed by atoms with Crippen LogP contribution in [0.3, 0.4) is 0 Å². The summed E-state index contributed by atoms with van der Waals surface area (Å²) in [7, 11) is 3.05. The third-order valence-electron chi connectivity index (χ3n) is 4.69. The van der Waals surface area contributed by atoms with Gasteiger partial charge >= 0.3 is 6.36 Å². The summed E-state index contributed by atoms with van der Waals surface area (Å²) in [5.74, 6) is 0.348. The highest BCUT2D eigenvalue weighted by Gasteiger charge is 2.30. The summed E-state index contributed by atoms with van der Waals surface area (Å²) in [6, 6.07) is 13.1. The van der Waals surface area contributed by atoms with Crippen LogP contribution in [0.5, 0.6) is 17.2 Å². The van der Waals surface area contributed by atoms with Crippen molar-refractivity contribution >= 4 is 11.6 Å². The van der Waals surface area contributed by atoms with E-state index in [9.17, 15) is 22.8 Å². The molecule has 1 heterocycles. The smallest absolute Gasteiger partial charge is 0.493 e. The topological polar surface area (TPSA) is 91.7 Å². The Balaban J connectivity index is 1.58. The van der Waals surface area contributed by atoms with Crippen molar-refractivity contribution < 1.29 is 32.2 Å². The van der Waals surface area contributed by atoms with Crippen molar-refractivity contribution in [2.75, 3.05) is 19.5 Å². The third kappa shape index (κ3) is 6.74. The van der Waals surface area contributed by atoms with Crippen LogP contribution in [0.15, 0.2) is 59.4 Å². The predicted octanol–water partition coefficient (Wildman–Crippen LogP) is 4.25. The fourth-order valence-electron chi connectivity index (χ4n) is 3.11. The Morgan fingerprint density at radius 3 is 2.35 bits per heavy atom. The summed E-state index contributed by atoms with van der Waals surface area (Å²) in [4.78, 5) is 24.4. The number of aromatic nitrogens is 2. The van der Waals surface area contributed by atoms with Crippen LogP contribution in [0.25, 0.3) is 11.3 Å². The largest absolute Gasteiger partial charge is 0.573 e. The van der Waals surface area contributed by atoms with Crippen LogP contribution in [0.2, 0.25) is 0 Å². The summed E-state index contributed by atoms with van der Waals surface area (Å²) in [5.41, 5.74) is 1.28. The van der Waals surface area contributed by atoms with Gasteiger partial charge < -0.3 is 19.5 Å². The summed E-state index contributed by atoms with van der Waals surface area (Å²) in [6.45, 7) is 0.200. The van der Waals surface area contributed by atoms with Gasteiger partial charge in [0.05, 0.1) is 19.9 Å². The number of hydrogen-bond acceptors (Lipinski definition) is 6. The molecule has 0 unspecified atom stereocenters. The molecule has 1 N–H and O–H groups in total. The van der Waals surface area contributed by atoms with Crippen molar-refractivity contribution in [2.45, 2.75) is 25.7 Å². The van der Waals surface area contributed by atoms with Gasteiger partial charge in [-0.25, -0.2) is 4.68 Å². The van der Waals surface area contributed by atoms with Gasteiger partial charge in [-0.15, -0.1) is 13.2 Å². The van der Waals surface area contributed by atoms with Crippen LogP contribution >= 0.6 is 0 Å². The molecule has 3 rings (SSSR count). The maximum Gasteiger partial charge on any atom is 0.573 e. The number of ether oxygens (including phenoxy) is 3. The third-order valence-corrected chi connectivity index (χ3v) is 4.69. The van der Waals surface area contributed by atoms with E-state index in [2.05, 4.69) is 15.2 Å². The monoisotopic (exact) mass is 477 g/mol. The summed E-state index contributed by atoms with van der Waals surface area (Å²) >= 11 is 0. The molecule has 0 aliphatic heterocycles. The number of hydrogen-bond donors (Lipinski definition) is 1. The minimum atomic E-state index is -4.78. The molecular weight excluding hydrogens is 455 g/mol. The number of methoxy groups -OCH3 is 2. The predicted molar refractivity (Wildman–Crippen MR) is 118 cm³/mol. The highest BCUT2D eigenvalue weighted by atomic mass is 19.4. The molecular formula is C23H22F3N3O5. The number of alkyl halides is 3. The van der Waals surface area contributed by atoms with Crippen LogP contribution in [-0.2, 0) is 11.3 Å². The first kappa shape index (κ1) is 24.6. The molecule has 0 fully saturated rings. The maximum atomic E-state index is 12.2. The number of carbonyl (C=O) groups excluding carboxylic acids is 1. The number of carbonyl (C=O) groups is 1. The molecule has 11 heteroatoms. The molecule has 0 bridgehead atoms. The van der Waals surface area contributed by atoms with Gasteiger partial charge in [0, 0.05) is 30.3 Å².